The molecule has 110 valence electrons. The van der Waals surface area contributed by atoms with Crippen LogP contribution in [0.5, 0.6) is 0 Å². The number of halogens is 1. The second-order valence-electron chi connectivity index (χ2n) is 4.71. The Balaban J connectivity index is 2.28. The van der Waals surface area contributed by atoms with Crippen molar-refractivity contribution in [3.05, 3.63) is 64.2 Å². The van der Waals surface area contributed by atoms with E-state index in [2.05, 4.69) is 4.72 Å². The molecular formula is C15H14ClNO3S. The molecule has 0 saturated carbocycles. The number of nitrogens with one attached hydrogen (secondary N) is 1. The monoisotopic (exact) mass is 323 g/mol. The van der Waals surface area contributed by atoms with Crippen LogP contribution in [0.15, 0.2) is 47.4 Å². The Kier molecular flexibility index (Phi) is 4.34. The van der Waals surface area contributed by atoms with E-state index in [0.717, 1.165) is 5.56 Å². The molecule has 0 aliphatic carbocycles. The van der Waals surface area contributed by atoms with Crippen molar-refractivity contribution in [2.75, 3.05) is 0 Å². The van der Waals surface area contributed by atoms with Gasteiger partial charge in [-0.15, -0.1) is 0 Å². The van der Waals surface area contributed by atoms with E-state index < -0.39 is 15.9 Å². The third-order valence-electron chi connectivity index (χ3n) is 2.99. The second kappa shape index (κ2) is 5.87. The zero-order valence-electron chi connectivity index (χ0n) is 11.6. The van der Waals surface area contributed by atoms with Crippen molar-refractivity contribution < 1.29 is 13.2 Å². The van der Waals surface area contributed by atoms with Crippen molar-refractivity contribution in [2.45, 2.75) is 18.7 Å². The smallest absolute Gasteiger partial charge is 0.265 e. The molecular weight excluding hydrogens is 310 g/mol. The number of sulfonamides is 1. The molecule has 6 heteroatoms. The van der Waals surface area contributed by atoms with Crippen LogP contribution >= 0.6 is 11.6 Å². The molecule has 0 unspecified atom stereocenters. The molecule has 21 heavy (non-hydrogen) atoms. The molecule has 0 heterocycles. The predicted octanol–water partition coefficient (Wildman–Crippen LogP) is 3.08. The van der Waals surface area contributed by atoms with Crippen LogP contribution in [0.1, 0.15) is 21.5 Å². The molecule has 0 aliphatic heterocycles. The first kappa shape index (κ1) is 15.5. The number of amides is 1. The van der Waals surface area contributed by atoms with E-state index in [1.54, 1.807) is 31.2 Å². The summed E-state index contributed by atoms with van der Waals surface area (Å²) < 4.78 is 26.4. The summed E-state index contributed by atoms with van der Waals surface area (Å²) in [5, 5.41) is 0.491. The van der Waals surface area contributed by atoms with Gasteiger partial charge in [-0.25, -0.2) is 13.1 Å². The summed E-state index contributed by atoms with van der Waals surface area (Å²) in [4.78, 5) is 12.1. The number of hydrogen-bond acceptors (Lipinski definition) is 3. The van der Waals surface area contributed by atoms with Crippen molar-refractivity contribution in [1.29, 1.82) is 0 Å². The van der Waals surface area contributed by atoms with E-state index in [1.807, 2.05) is 6.92 Å². The van der Waals surface area contributed by atoms with Gasteiger partial charge in [0.15, 0.2) is 0 Å². The molecule has 0 spiro atoms. The minimum absolute atomic E-state index is 0.0491. The molecule has 0 aliphatic rings. The third kappa shape index (κ3) is 3.62. The topological polar surface area (TPSA) is 63.2 Å². The molecule has 0 fully saturated rings. The van der Waals surface area contributed by atoms with Gasteiger partial charge in [0.1, 0.15) is 0 Å². The van der Waals surface area contributed by atoms with Gasteiger partial charge in [0.05, 0.1) is 4.90 Å². The van der Waals surface area contributed by atoms with E-state index in [9.17, 15) is 13.2 Å². The Morgan fingerprint density at radius 2 is 1.67 bits per heavy atom. The van der Waals surface area contributed by atoms with Gasteiger partial charge in [-0.05, 0) is 49.7 Å². The number of aryl methyl sites for hydroxylation is 2. The molecule has 0 bridgehead atoms. The lowest BCUT2D eigenvalue weighted by Gasteiger charge is -2.09. The van der Waals surface area contributed by atoms with Gasteiger partial charge in [0, 0.05) is 10.6 Å². The minimum atomic E-state index is -3.88. The van der Waals surface area contributed by atoms with Crippen LogP contribution in [0.4, 0.5) is 0 Å². The van der Waals surface area contributed by atoms with Crippen molar-refractivity contribution in [3.8, 4) is 0 Å². The molecule has 0 atom stereocenters. The van der Waals surface area contributed by atoms with E-state index >= 15 is 0 Å². The lowest BCUT2D eigenvalue weighted by Crippen LogP contribution is -2.31. The standard InChI is InChI=1S/C15H14ClNO3S/c1-10-3-6-13(7-4-10)21(19,20)17-15(18)14-8-5-12(16)9-11(14)2/h3-9H,1-2H3,(H,17,18). The molecule has 2 aromatic carbocycles. The molecule has 4 nitrogen and oxygen atoms in total. The quantitative estimate of drug-likeness (QED) is 0.944. The molecule has 2 rings (SSSR count). The Bertz CT molecular complexity index is 783. The minimum Gasteiger partial charge on any atom is -0.268 e. The summed E-state index contributed by atoms with van der Waals surface area (Å²) in [5.41, 5.74) is 1.82. The van der Waals surface area contributed by atoms with E-state index in [-0.39, 0.29) is 10.5 Å². The van der Waals surface area contributed by atoms with Gasteiger partial charge in [0.25, 0.3) is 15.9 Å². The first-order valence-electron chi connectivity index (χ1n) is 6.19. The van der Waals surface area contributed by atoms with Gasteiger partial charge in [-0.2, -0.15) is 0 Å². The van der Waals surface area contributed by atoms with Crippen LogP contribution < -0.4 is 4.72 Å². The highest BCUT2D eigenvalue weighted by Gasteiger charge is 2.19. The summed E-state index contributed by atoms with van der Waals surface area (Å²) in [5.74, 6) is -0.676. The van der Waals surface area contributed by atoms with E-state index in [1.165, 1.54) is 18.2 Å². The Morgan fingerprint density at radius 1 is 1.05 bits per heavy atom. The Morgan fingerprint density at radius 3 is 2.24 bits per heavy atom. The SMILES string of the molecule is Cc1ccc(S(=O)(=O)NC(=O)c2ccc(Cl)cc2C)cc1. The van der Waals surface area contributed by atoms with Crippen LogP contribution in [0, 0.1) is 13.8 Å². The lowest BCUT2D eigenvalue weighted by atomic mass is 10.1. The number of benzene rings is 2. The van der Waals surface area contributed by atoms with Gasteiger partial charge < -0.3 is 0 Å². The lowest BCUT2D eigenvalue weighted by molar-refractivity contribution is 0.0981. The maximum Gasteiger partial charge on any atom is 0.265 e. The van der Waals surface area contributed by atoms with Crippen molar-refractivity contribution >= 4 is 27.5 Å². The van der Waals surface area contributed by atoms with E-state index in [0.29, 0.717) is 10.6 Å². The first-order chi connectivity index (χ1) is 9.79. The largest absolute Gasteiger partial charge is 0.268 e. The van der Waals surface area contributed by atoms with Crippen LogP contribution in [0.3, 0.4) is 0 Å². The van der Waals surface area contributed by atoms with E-state index in [4.69, 9.17) is 11.6 Å². The molecule has 0 saturated heterocycles. The number of carbonyl (C=O) groups is 1. The fraction of sp³-hybridized carbons (Fsp3) is 0.133. The zero-order valence-corrected chi connectivity index (χ0v) is 13.1. The van der Waals surface area contributed by atoms with Crippen LogP contribution in [-0.2, 0) is 10.0 Å². The fourth-order valence-electron chi connectivity index (χ4n) is 1.84. The Labute approximate surface area is 128 Å². The summed E-state index contributed by atoms with van der Waals surface area (Å²) in [6, 6.07) is 10.9. The summed E-state index contributed by atoms with van der Waals surface area (Å²) >= 11 is 5.82. The predicted molar refractivity (Wildman–Crippen MR) is 82.0 cm³/mol. The summed E-state index contributed by atoms with van der Waals surface area (Å²) in [6.07, 6.45) is 0. The van der Waals surface area contributed by atoms with Gasteiger partial charge in [-0.3, -0.25) is 4.79 Å². The van der Waals surface area contributed by atoms with Crippen molar-refractivity contribution in [1.82, 2.24) is 4.72 Å². The fourth-order valence-corrected chi connectivity index (χ4v) is 3.03. The molecule has 2 aromatic rings. The van der Waals surface area contributed by atoms with Crippen molar-refractivity contribution in [2.24, 2.45) is 0 Å². The molecule has 0 aromatic heterocycles. The van der Waals surface area contributed by atoms with Crippen molar-refractivity contribution in [3.63, 3.8) is 0 Å². The molecule has 1 amide bonds. The number of hydrogen-bond donors (Lipinski definition) is 1. The summed E-state index contributed by atoms with van der Waals surface area (Å²) in [7, 11) is -3.88. The van der Waals surface area contributed by atoms with Crippen LogP contribution in [0.2, 0.25) is 5.02 Å². The normalized spacial score (nSPS) is 11.2. The Hall–Kier alpha value is -1.85. The van der Waals surface area contributed by atoms with Gasteiger partial charge >= 0.3 is 0 Å². The highest BCUT2D eigenvalue weighted by Crippen LogP contribution is 2.16. The zero-order chi connectivity index (χ0) is 15.6. The van der Waals surface area contributed by atoms with Gasteiger partial charge in [0.2, 0.25) is 0 Å². The average molecular weight is 324 g/mol. The van der Waals surface area contributed by atoms with Crippen LogP contribution in [0.25, 0.3) is 0 Å². The third-order valence-corrected chi connectivity index (χ3v) is 4.57. The number of rotatable bonds is 3. The molecule has 0 radical (unpaired) electrons. The first-order valence-corrected chi connectivity index (χ1v) is 8.06. The van der Waals surface area contributed by atoms with Crippen LogP contribution in [-0.4, -0.2) is 14.3 Å². The maximum absolute atomic E-state index is 12.1. The van der Waals surface area contributed by atoms with Gasteiger partial charge in [-0.1, -0.05) is 29.3 Å². The highest BCUT2D eigenvalue weighted by atomic mass is 35.5. The second-order valence-corrected chi connectivity index (χ2v) is 6.83. The maximum atomic E-state index is 12.1. The molecule has 1 N–H and O–H groups in total. The summed E-state index contributed by atoms with van der Waals surface area (Å²) in [6.45, 7) is 3.55. The highest BCUT2D eigenvalue weighted by molar-refractivity contribution is 7.90. The number of carbonyl (C=O) groups excluding carboxylic acids is 1. The average Bonchev–Trinajstić information content (AvgIpc) is 2.38.